The number of hydrogen-bond donors (Lipinski definition) is 1. The van der Waals surface area contributed by atoms with E-state index in [0.717, 1.165) is 25.0 Å². The largest absolute Gasteiger partial charge is 0.356 e. The molecule has 0 bridgehead atoms. The van der Waals surface area contributed by atoms with Crippen molar-refractivity contribution in [2.24, 2.45) is 16.3 Å². The molecule has 110 valence electrons. The second-order valence-electron chi connectivity index (χ2n) is 7.37. The van der Waals surface area contributed by atoms with Gasteiger partial charge in [-0.25, -0.2) is 0 Å². The first-order valence-electron chi connectivity index (χ1n) is 7.45. The molecule has 0 amide bonds. The van der Waals surface area contributed by atoms with Crippen LogP contribution in [0.25, 0.3) is 0 Å². The predicted molar refractivity (Wildman–Crippen MR) is 81.5 cm³/mol. The molecule has 0 spiro atoms. The van der Waals surface area contributed by atoms with Crippen LogP contribution in [0.5, 0.6) is 0 Å². The Hall–Kier alpha value is -0.770. The first-order chi connectivity index (χ1) is 8.78. The molecule has 0 aliphatic carbocycles. The minimum atomic E-state index is 0.182. The van der Waals surface area contributed by atoms with Gasteiger partial charge in [-0.15, -0.1) is 0 Å². The molecule has 0 aromatic rings. The highest BCUT2D eigenvalue weighted by Gasteiger charge is 2.53. The van der Waals surface area contributed by atoms with Crippen molar-refractivity contribution in [3.8, 4) is 0 Å². The van der Waals surface area contributed by atoms with Gasteiger partial charge in [-0.1, -0.05) is 13.8 Å². The summed E-state index contributed by atoms with van der Waals surface area (Å²) in [5.74, 6) is 1.83. The molecule has 19 heavy (non-hydrogen) atoms. The van der Waals surface area contributed by atoms with Crippen molar-refractivity contribution in [1.29, 1.82) is 0 Å². The second-order valence-corrected chi connectivity index (χ2v) is 7.37. The fourth-order valence-electron chi connectivity index (χ4n) is 3.12. The molecular weight excluding hydrogens is 236 g/mol. The predicted octanol–water partition coefficient (Wildman–Crippen LogP) is 1.63. The summed E-state index contributed by atoms with van der Waals surface area (Å²) in [4.78, 5) is 9.29. The molecule has 4 heteroatoms. The van der Waals surface area contributed by atoms with Crippen LogP contribution < -0.4 is 5.32 Å². The Morgan fingerprint density at radius 2 is 2.00 bits per heavy atom. The molecule has 1 atom stereocenters. The highest BCUT2D eigenvalue weighted by Crippen LogP contribution is 2.46. The van der Waals surface area contributed by atoms with E-state index in [2.05, 4.69) is 54.9 Å². The summed E-state index contributed by atoms with van der Waals surface area (Å²) < 4.78 is 0. The van der Waals surface area contributed by atoms with Crippen LogP contribution in [0.2, 0.25) is 0 Å². The van der Waals surface area contributed by atoms with Crippen LogP contribution in [0.15, 0.2) is 4.99 Å². The molecule has 2 rings (SSSR count). The molecule has 2 fully saturated rings. The van der Waals surface area contributed by atoms with Crippen LogP contribution in [0.4, 0.5) is 0 Å². The number of aliphatic imine (C=N–C) groups is 1. The van der Waals surface area contributed by atoms with Crippen LogP contribution >= 0.6 is 0 Å². The zero-order chi connectivity index (χ0) is 14.3. The van der Waals surface area contributed by atoms with Crippen molar-refractivity contribution in [2.45, 2.75) is 39.7 Å². The summed E-state index contributed by atoms with van der Waals surface area (Å²) in [5, 5.41) is 3.58. The molecule has 1 unspecified atom stereocenters. The summed E-state index contributed by atoms with van der Waals surface area (Å²) >= 11 is 0. The van der Waals surface area contributed by atoms with Crippen molar-refractivity contribution in [2.75, 3.05) is 40.3 Å². The van der Waals surface area contributed by atoms with Gasteiger partial charge in [0, 0.05) is 37.6 Å². The summed E-state index contributed by atoms with van der Waals surface area (Å²) in [6.07, 6.45) is 1.30. The van der Waals surface area contributed by atoms with E-state index in [1.54, 1.807) is 0 Å². The van der Waals surface area contributed by atoms with Gasteiger partial charge >= 0.3 is 0 Å². The summed E-state index contributed by atoms with van der Waals surface area (Å²) in [7, 11) is 4.10. The first-order valence-corrected chi connectivity index (χ1v) is 7.45. The quantitative estimate of drug-likeness (QED) is 0.609. The number of hydrogen-bond acceptors (Lipinski definition) is 2. The van der Waals surface area contributed by atoms with Crippen LogP contribution in [0, 0.1) is 11.3 Å². The molecular formula is C15H30N4. The third-order valence-electron chi connectivity index (χ3n) is 5.39. The average molecular weight is 266 g/mol. The summed E-state index contributed by atoms with van der Waals surface area (Å²) in [6.45, 7) is 13.9. The summed E-state index contributed by atoms with van der Waals surface area (Å²) in [6, 6.07) is 0. The van der Waals surface area contributed by atoms with Gasteiger partial charge in [0.1, 0.15) is 0 Å². The lowest BCUT2D eigenvalue weighted by molar-refractivity contribution is -0.0668. The number of rotatable bonds is 2. The van der Waals surface area contributed by atoms with E-state index < -0.39 is 0 Å². The van der Waals surface area contributed by atoms with Crippen LogP contribution in [-0.4, -0.2) is 61.6 Å². The lowest BCUT2D eigenvalue weighted by atomic mass is 9.65. The van der Waals surface area contributed by atoms with E-state index in [0.29, 0.717) is 5.41 Å². The van der Waals surface area contributed by atoms with E-state index in [-0.39, 0.29) is 5.54 Å². The second kappa shape index (κ2) is 4.97. The summed E-state index contributed by atoms with van der Waals surface area (Å²) in [5.41, 5.74) is 0.541. The van der Waals surface area contributed by atoms with Gasteiger partial charge in [-0.05, 0) is 39.8 Å². The van der Waals surface area contributed by atoms with Crippen LogP contribution in [0.3, 0.4) is 0 Å². The van der Waals surface area contributed by atoms with E-state index in [4.69, 9.17) is 0 Å². The molecule has 0 saturated carbocycles. The third kappa shape index (κ3) is 2.60. The first kappa shape index (κ1) is 14.6. The van der Waals surface area contributed by atoms with E-state index >= 15 is 0 Å². The van der Waals surface area contributed by atoms with Crippen molar-refractivity contribution in [3.63, 3.8) is 0 Å². The molecule has 2 aliphatic rings. The maximum absolute atomic E-state index is 4.47. The molecule has 2 heterocycles. The van der Waals surface area contributed by atoms with Gasteiger partial charge in [-0.2, -0.15) is 0 Å². The van der Waals surface area contributed by atoms with Crippen molar-refractivity contribution in [3.05, 3.63) is 0 Å². The zero-order valence-corrected chi connectivity index (χ0v) is 13.5. The topological polar surface area (TPSA) is 30.9 Å². The Bertz CT molecular complexity index is 359. The molecule has 0 aromatic carbocycles. The van der Waals surface area contributed by atoms with Gasteiger partial charge in [0.05, 0.1) is 0 Å². The molecule has 2 saturated heterocycles. The number of likely N-dealkylation sites (tertiary alicyclic amines) is 2. The van der Waals surface area contributed by atoms with E-state index in [9.17, 15) is 0 Å². The lowest BCUT2D eigenvalue weighted by Gasteiger charge is -2.62. The van der Waals surface area contributed by atoms with Crippen molar-refractivity contribution >= 4 is 5.96 Å². The van der Waals surface area contributed by atoms with Crippen LogP contribution in [-0.2, 0) is 0 Å². The fourth-order valence-corrected chi connectivity index (χ4v) is 3.12. The van der Waals surface area contributed by atoms with Gasteiger partial charge in [-0.3, -0.25) is 4.99 Å². The molecule has 2 aliphatic heterocycles. The average Bonchev–Trinajstić information content (AvgIpc) is 2.74. The zero-order valence-electron chi connectivity index (χ0n) is 13.5. The minimum absolute atomic E-state index is 0.182. The fraction of sp³-hybridized carbons (Fsp3) is 0.933. The highest BCUT2D eigenvalue weighted by molar-refractivity contribution is 5.82. The lowest BCUT2D eigenvalue weighted by Crippen LogP contribution is -2.72. The molecule has 0 aromatic heterocycles. The van der Waals surface area contributed by atoms with Crippen molar-refractivity contribution in [1.82, 2.24) is 15.1 Å². The maximum Gasteiger partial charge on any atom is 0.194 e. The van der Waals surface area contributed by atoms with Gasteiger partial charge in [0.25, 0.3) is 0 Å². The standard InChI is InChI=1S/C15H30N4/c1-14(2)11-19(15(14,3)4)13(16-5)17-9-12-7-8-18(6)10-12/h12H,7-11H2,1-6H3,(H,16,17). The van der Waals surface area contributed by atoms with Crippen molar-refractivity contribution < 1.29 is 0 Å². The number of guanidine groups is 1. The Kier molecular flexibility index (Phi) is 3.83. The third-order valence-corrected chi connectivity index (χ3v) is 5.39. The Morgan fingerprint density at radius 3 is 2.42 bits per heavy atom. The van der Waals surface area contributed by atoms with Gasteiger partial charge < -0.3 is 15.1 Å². The Morgan fingerprint density at radius 1 is 1.32 bits per heavy atom. The minimum Gasteiger partial charge on any atom is -0.356 e. The Balaban J connectivity index is 1.89. The smallest absolute Gasteiger partial charge is 0.194 e. The normalized spacial score (nSPS) is 30.3. The SMILES string of the molecule is CN=C(NCC1CCN(C)C1)N1CC(C)(C)C1(C)C. The number of nitrogens with one attached hydrogen (secondary N) is 1. The van der Waals surface area contributed by atoms with E-state index in [1.165, 1.54) is 19.5 Å². The highest BCUT2D eigenvalue weighted by atomic mass is 15.4. The molecule has 1 N–H and O–H groups in total. The van der Waals surface area contributed by atoms with Gasteiger partial charge in [0.2, 0.25) is 0 Å². The maximum atomic E-state index is 4.47. The molecule has 0 radical (unpaired) electrons. The Labute approximate surface area is 118 Å². The monoisotopic (exact) mass is 266 g/mol. The number of nitrogens with zero attached hydrogens (tertiary/aromatic N) is 3. The van der Waals surface area contributed by atoms with E-state index in [1.807, 2.05) is 7.05 Å². The molecule has 4 nitrogen and oxygen atoms in total. The van der Waals surface area contributed by atoms with Crippen LogP contribution in [0.1, 0.15) is 34.1 Å². The van der Waals surface area contributed by atoms with Gasteiger partial charge in [0.15, 0.2) is 5.96 Å².